The molecule has 0 aromatic heterocycles. The van der Waals surface area contributed by atoms with E-state index in [-0.39, 0.29) is 0 Å². The fourth-order valence-electron chi connectivity index (χ4n) is 1.94. The van der Waals surface area contributed by atoms with Crippen molar-refractivity contribution >= 4 is 0 Å². The van der Waals surface area contributed by atoms with Gasteiger partial charge in [0.15, 0.2) is 0 Å². The summed E-state index contributed by atoms with van der Waals surface area (Å²) in [6.45, 7) is 4.69. The van der Waals surface area contributed by atoms with Crippen molar-refractivity contribution in [2.45, 2.75) is 51.2 Å². The second-order valence-electron chi connectivity index (χ2n) is 4.30. The summed E-state index contributed by atoms with van der Waals surface area (Å²) in [6.07, 6.45) is 6.40. The number of nitrogens with one attached hydrogen (secondary N) is 1. The first-order chi connectivity index (χ1) is 7.36. The van der Waals surface area contributed by atoms with Crippen LogP contribution in [0.2, 0.25) is 0 Å². The third-order valence-electron chi connectivity index (χ3n) is 2.94. The smallest absolute Gasteiger partial charge is 0.0808 e. The van der Waals surface area contributed by atoms with E-state index in [2.05, 4.69) is 12.2 Å². The van der Waals surface area contributed by atoms with Crippen molar-refractivity contribution in [1.29, 1.82) is 0 Å². The SMILES string of the molecule is CCCC(COCC1CCCCO1)NC. The molecule has 0 bridgehead atoms. The van der Waals surface area contributed by atoms with Gasteiger partial charge in [-0.25, -0.2) is 0 Å². The van der Waals surface area contributed by atoms with E-state index in [4.69, 9.17) is 9.47 Å². The molecule has 1 heterocycles. The molecule has 1 aliphatic rings. The molecule has 3 heteroatoms. The Bertz CT molecular complexity index is 142. The van der Waals surface area contributed by atoms with Gasteiger partial charge >= 0.3 is 0 Å². The van der Waals surface area contributed by atoms with Crippen molar-refractivity contribution in [1.82, 2.24) is 5.32 Å². The van der Waals surface area contributed by atoms with Crippen LogP contribution in [0, 0.1) is 0 Å². The Kier molecular flexibility index (Phi) is 6.98. The Morgan fingerprint density at radius 1 is 1.47 bits per heavy atom. The van der Waals surface area contributed by atoms with Gasteiger partial charge in [-0.15, -0.1) is 0 Å². The first-order valence-electron chi connectivity index (χ1n) is 6.23. The van der Waals surface area contributed by atoms with Gasteiger partial charge in [0.1, 0.15) is 0 Å². The fraction of sp³-hybridized carbons (Fsp3) is 1.00. The minimum atomic E-state index is 0.345. The van der Waals surface area contributed by atoms with E-state index in [0.717, 1.165) is 26.2 Å². The maximum absolute atomic E-state index is 5.69. The molecule has 0 radical (unpaired) electrons. The zero-order chi connectivity index (χ0) is 10.9. The van der Waals surface area contributed by atoms with Crippen LogP contribution in [0.25, 0.3) is 0 Å². The Morgan fingerprint density at radius 3 is 2.93 bits per heavy atom. The summed E-state index contributed by atoms with van der Waals surface area (Å²) in [5.74, 6) is 0. The van der Waals surface area contributed by atoms with E-state index in [1.165, 1.54) is 25.7 Å². The van der Waals surface area contributed by atoms with Gasteiger partial charge in [0.2, 0.25) is 0 Å². The van der Waals surface area contributed by atoms with E-state index in [1.54, 1.807) is 0 Å². The van der Waals surface area contributed by atoms with Crippen molar-refractivity contribution in [3.63, 3.8) is 0 Å². The minimum Gasteiger partial charge on any atom is -0.377 e. The normalized spacial score (nSPS) is 24.0. The Balaban J connectivity index is 2.03. The summed E-state index contributed by atoms with van der Waals surface area (Å²) in [4.78, 5) is 0. The van der Waals surface area contributed by atoms with E-state index < -0.39 is 0 Å². The third-order valence-corrected chi connectivity index (χ3v) is 2.94. The lowest BCUT2D eigenvalue weighted by Crippen LogP contribution is -2.32. The second kappa shape index (κ2) is 8.08. The molecule has 0 aromatic rings. The molecule has 0 spiro atoms. The summed E-state index contributed by atoms with van der Waals surface area (Å²) in [6, 6.07) is 0.499. The average Bonchev–Trinajstić information content (AvgIpc) is 2.29. The van der Waals surface area contributed by atoms with Gasteiger partial charge in [-0.3, -0.25) is 0 Å². The van der Waals surface area contributed by atoms with E-state index in [1.807, 2.05) is 7.05 Å². The van der Waals surface area contributed by atoms with E-state index in [0.29, 0.717) is 12.1 Å². The molecule has 2 atom stereocenters. The van der Waals surface area contributed by atoms with Crippen molar-refractivity contribution in [2.24, 2.45) is 0 Å². The van der Waals surface area contributed by atoms with Gasteiger partial charge in [0, 0.05) is 12.6 Å². The highest BCUT2D eigenvalue weighted by Crippen LogP contribution is 2.12. The quantitative estimate of drug-likeness (QED) is 0.704. The van der Waals surface area contributed by atoms with Crippen molar-refractivity contribution in [2.75, 3.05) is 26.9 Å². The highest BCUT2D eigenvalue weighted by atomic mass is 16.5. The van der Waals surface area contributed by atoms with Crippen LogP contribution in [-0.2, 0) is 9.47 Å². The largest absolute Gasteiger partial charge is 0.377 e. The number of hydrogen-bond acceptors (Lipinski definition) is 3. The molecular weight excluding hydrogens is 190 g/mol. The summed E-state index contributed by atoms with van der Waals surface area (Å²) in [5.41, 5.74) is 0. The molecule has 0 amide bonds. The van der Waals surface area contributed by atoms with Crippen molar-refractivity contribution in [3.8, 4) is 0 Å². The first-order valence-corrected chi connectivity index (χ1v) is 6.23. The summed E-state index contributed by atoms with van der Waals surface area (Å²) < 4.78 is 11.3. The van der Waals surface area contributed by atoms with E-state index >= 15 is 0 Å². The first kappa shape index (κ1) is 12.9. The van der Waals surface area contributed by atoms with Crippen LogP contribution in [0.15, 0.2) is 0 Å². The maximum atomic E-state index is 5.69. The average molecular weight is 215 g/mol. The number of ether oxygens (including phenoxy) is 2. The van der Waals surface area contributed by atoms with Crippen LogP contribution < -0.4 is 5.32 Å². The zero-order valence-corrected chi connectivity index (χ0v) is 10.1. The predicted octanol–water partition coefficient (Wildman–Crippen LogP) is 1.96. The van der Waals surface area contributed by atoms with Gasteiger partial charge in [0.05, 0.1) is 19.3 Å². The Labute approximate surface area is 93.5 Å². The summed E-state index contributed by atoms with van der Waals surface area (Å²) >= 11 is 0. The molecular formula is C12H25NO2. The lowest BCUT2D eigenvalue weighted by atomic mass is 10.1. The van der Waals surface area contributed by atoms with Crippen LogP contribution in [-0.4, -0.2) is 39.0 Å². The van der Waals surface area contributed by atoms with Crippen LogP contribution >= 0.6 is 0 Å². The van der Waals surface area contributed by atoms with Gasteiger partial charge in [-0.05, 0) is 32.7 Å². The maximum Gasteiger partial charge on any atom is 0.0808 e. The topological polar surface area (TPSA) is 30.5 Å². The second-order valence-corrected chi connectivity index (χ2v) is 4.30. The number of likely N-dealkylation sites (N-methyl/N-ethyl adjacent to an activating group) is 1. The molecule has 1 saturated heterocycles. The van der Waals surface area contributed by atoms with Gasteiger partial charge in [-0.2, -0.15) is 0 Å². The third kappa shape index (κ3) is 5.50. The summed E-state index contributed by atoms with van der Waals surface area (Å²) in [7, 11) is 2.00. The fourth-order valence-corrected chi connectivity index (χ4v) is 1.94. The minimum absolute atomic E-state index is 0.345. The van der Waals surface area contributed by atoms with Crippen LogP contribution in [0.3, 0.4) is 0 Å². The lowest BCUT2D eigenvalue weighted by molar-refractivity contribution is -0.0441. The lowest BCUT2D eigenvalue weighted by Gasteiger charge is -2.23. The van der Waals surface area contributed by atoms with Gasteiger partial charge in [0.25, 0.3) is 0 Å². The van der Waals surface area contributed by atoms with Gasteiger partial charge < -0.3 is 14.8 Å². The summed E-state index contributed by atoms with van der Waals surface area (Å²) in [5, 5.41) is 3.27. The molecule has 90 valence electrons. The predicted molar refractivity (Wildman–Crippen MR) is 62.2 cm³/mol. The molecule has 3 nitrogen and oxygen atoms in total. The zero-order valence-electron chi connectivity index (χ0n) is 10.1. The molecule has 15 heavy (non-hydrogen) atoms. The monoisotopic (exact) mass is 215 g/mol. The Morgan fingerprint density at radius 2 is 2.33 bits per heavy atom. The molecule has 0 aromatic carbocycles. The van der Waals surface area contributed by atoms with Gasteiger partial charge in [-0.1, -0.05) is 13.3 Å². The molecule has 1 fully saturated rings. The standard InChI is InChI=1S/C12H25NO2/c1-3-6-11(13-2)9-14-10-12-7-4-5-8-15-12/h11-13H,3-10H2,1-2H3. The van der Waals surface area contributed by atoms with Crippen LogP contribution in [0.1, 0.15) is 39.0 Å². The molecule has 2 unspecified atom stereocenters. The molecule has 1 N–H and O–H groups in total. The van der Waals surface area contributed by atoms with E-state index in [9.17, 15) is 0 Å². The number of hydrogen-bond donors (Lipinski definition) is 1. The molecule has 1 aliphatic heterocycles. The van der Waals surface area contributed by atoms with Crippen LogP contribution in [0.4, 0.5) is 0 Å². The van der Waals surface area contributed by atoms with Crippen LogP contribution in [0.5, 0.6) is 0 Å². The molecule has 1 rings (SSSR count). The molecule has 0 saturated carbocycles. The van der Waals surface area contributed by atoms with Crippen molar-refractivity contribution in [3.05, 3.63) is 0 Å². The number of rotatable bonds is 7. The Hall–Kier alpha value is -0.120. The van der Waals surface area contributed by atoms with Crippen molar-refractivity contribution < 1.29 is 9.47 Å². The highest BCUT2D eigenvalue weighted by molar-refractivity contribution is 4.65. The highest BCUT2D eigenvalue weighted by Gasteiger charge is 2.14. The molecule has 0 aliphatic carbocycles.